The maximum absolute atomic E-state index is 4.52. The van der Waals surface area contributed by atoms with Crippen molar-refractivity contribution in [3.63, 3.8) is 0 Å². The van der Waals surface area contributed by atoms with Crippen LogP contribution in [0.25, 0.3) is 21.3 Å². The third-order valence-corrected chi connectivity index (χ3v) is 6.03. The number of fused-ring (bicyclic) bond motifs is 1. The molecule has 4 aromatic rings. The number of nitrogens with one attached hydrogen (secondary N) is 1. The number of hydrogen-bond acceptors (Lipinski definition) is 4. The van der Waals surface area contributed by atoms with Crippen LogP contribution in [0.2, 0.25) is 0 Å². The molecule has 0 radical (unpaired) electrons. The van der Waals surface area contributed by atoms with Gasteiger partial charge in [0.15, 0.2) is 0 Å². The van der Waals surface area contributed by atoms with E-state index in [0.717, 1.165) is 26.2 Å². The van der Waals surface area contributed by atoms with Gasteiger partial charge >= 0.3 is 0 Å². The molecule has 0 fully saturated rings. The van der Waals surface area contributed by atoms with Crippen molar-refractivity contribution in [2.75, 3.05) is 5.32 Å². The molecular formula is C20H16BrN3S. The van der Waals surface area contributed by atoms with Gasteiger partial charge < -0.3 is 5.32 Å². The normalized spacial score (nSPS) is 11.0. The minimum atomic E-state index is 0.837. The molecule has 0 spiro atoms. The third kappa shape index (κ3) is 3.05. The van der Waals surface area contributed by atoms with E-state index < -0.39 is 0 Å². The molecule has 0 saturated heterocycles. The molecule has 0 atom stereocenters. The van der Waals surface area contributed by atoms with Crippen LogP contribution >= 0.6 is 27.3 Å². The fourth-order valence-electron chi connectivity index (χ4n) is 2.90. The number of thiophene rings is 1. The number of anilines is 2. The lowest BCUT2D eigenvalue weighted by Gasteiger charge is -2.10. The van der Waals surface area contributed by atoms with Crippen LogP contribution < -0.4 is 5.32 Å². The lowest BCUT2D eigenvalue weighted by Crippen LogP contribution is -1.96. The average Bonchev–Trinajstić information content (AvgIpc) is 2.96. The maximum Gasteiger partial charge on any atom is 0.143 e. The topological polar surface area (TPSA) is 37.8 Å². The molecule has 2 heterocycles. The van der Waals surface area contributed by atoms with Gasteiger partial charge in [0.2, 0.25) is 0 Å². The molecule has 0 aliphatic heterocycles. The van der Waals surface area contributed by atoms with Crippen LogP contribution in [0, 0.1) is 13.8 Å². The molecule has 25 heavy (non-hydrogen) atoms. The number of halogens is 1. The van der Waals surface area contributed by atoms with Gasteiger partial charge in [-0.3, -0.25) is 0 Å². The van der Waals surface area contributed by atoms with E-state index >= 15 is 0 Å². The van der Waals surface area contributed by atoms with E-state index in [0.29, 0.717) is 0 Å². The fraction of sp³-hybridized carbons (Fsp3) is 0.100. The summed E-state index contributed by atoms with van der Waals surface area (Å²) in [6.45, 7) is 4.22. The molecule has 3 nitrogen and oxygen atoms in total. The van der Waals surface area contributed by atoms with Crippen molar-refractivity contribution in [1.29, 1.82) is 0 Å². The van der Waals surface area contributed by atoms with Gasteiger partial charge in [-0.1, -0.05) is 52.3 Å². The Hall–Kier alpha value is -2.24. The van der Waals surface area contributed by atoms with Gasteiger partial charge in [-0.15, -0.1) is 11.3 Å². The summed E-state index contributed by atoms with van der Waals surface area (Å²) in [7, 11) is 0. The smallest absolute Gasteiger partial charge is 0.143 e. The van der Waals surface area contributed by atoms with E-state index in [1.54, 1.807) is 17.7 Å². The van der Waals surface area contributed by atoms with Gasteiger partial charge in [-0.2, -0.15) is 0 Å². The highest BCUT2D eigenvalue weighted by atomic mass is 79.9. The van der Waals surface area contributed by atoms with E-state index in [2.05, 4.69) is 87.5 Å². The van der Waals surface area contributed by atoms with Gasteiger partial charge in [0.25, 0.3) is 0 Å². The van der Waals surface area contributed by atoms with Crippen molar-refractivity contribution in [1.82, 2.24) is 9.97 Å². The standard InChI is InChI=1S/C20H16BrN3S/c1-12-8-9-15(10-16(12)21)24-19-18-17(14-6-4-3-5-7-14)13(2)25-20(18)23-11-22-19/h3-11H,1-2H3,(H,22,23,24). The zero-order chi connectivity index (χ0) is 17.4. The first-order chi connectivity index (χ1) is 12.1. The van der Waals surface area contributed by atoms with E-state index in [1.807, 2.05) is 6.07 Å². The van der Waals surface area contributed by atoms with Crippen molar-refractivity contribution >= 4 is 49.0 Å². The Labute approximate surface area is 158 Å². The molecule has 0 aliphatic carbocycles. The quantitative estimate of drug-likeness (QED) is 0.420. The van der Waals surface area contributed by atoms with Crippen molar-refractivity contribution in [2.45, 2.75) is 13.8 Å². The number of benzene rings is 2. The second kappa shape index (κ2) is 6.58. The van der Waals surface area contributed by atoms with Crippen LogP contribution in [0.1, 0.15) is 10.4 Å². The number of aryl methyl sites for hydroxylation is 2. The summed E-state index contributed by atoms with van der Waals surface area (Å²) >= 11 is 5.30. The van der Waals surface area contributed by atoms with E-state index in [1.165, 1.54) is 21.6 Å². The molecule has 1 N–H and O–H groups in total. The van der Waals surface area contributed by atoms with Crippen LogP contribution in [-0.4, -0.2) is 9.97 Å². The van der Waals surface area contributed by atoms with Gasteiger partial charge in [-0.25, -0.2) is 9.97 Å². The summed E-state index contributed by atoms with van der Waals surface area (Å²) in [5, 5.41) is 4.54. The maximum atomic E-state index is 4.52. The Morgan fingerprint density at radius 3 is 2.56 bits per heavy atom. The summed E-state index contributed by atoms with van der Waals surface area (Å²) in [6.07, 6.45) is 1.62. The first-order valence-corrected chi connectivity index (χ1v) is 9.57. The zero-order valence-electron chi connectivity index (χ0n) is 13.9. The summed E-state index contributed by atoms with van der Waals surface area (Å²) in [6, 6.07) is 16.6. The minimum absolute atomic E-state index is 0.837. The number of nitrogens with zero attached hydrogens (tertiary/aromatic N) is 2. The molecule has 0 saturated carbocycles. The number of aromatic nitrogens is 2. The van der Waals surface area contributed by atoms with Crippen LogP contribution in [-0.2, 0) is 0 Å². The largest absolute Gasteiger partial charge is 0.340 e. The van der Waals surface area contributed by atoms with Gasteiger partial charge in [-0.05, 0) is 37.1 Å². The van der Waals surface area contributed by atoms with E-state index in [-0.39, 0.29) is 0 Å². The van der Waals surface area contributed by atoms with Gasteiger partial charge in [0.05, 0.1) is 5.39 Å². The molecule has 0 bridgehead atoms. The van der Waals surface area contributed by atoms with Crippen molar-refractivity contribution in [3.8, 4) is 11.1 Å². The summed E-state index contributed by atoms with van der Waals surface area (Å²) in [4.78, 5) is 11.2. The average molecular weight is 410 g/mol. The first kappa shape index (κ1) is 16.2. The monoisotopic (exact) mass is 409 g/mol. The molecule has 0 aliphatic rings. The Balaban J connectivity index is 1.88. The Kier molecular flexibility index (Phi) is 4.27. The van der Waals surface area contributed by atoms with Crippen molar-refractivity contribution < 1.29 is 0 Å². The van der Waals surface area contributed by atoms with Crippen LogP contribution in [0.3, 0.4) is 0 Å². The third-order valence-electron chi connectivity index (χ3n) is 4.16. The SMILES string of the molecule is Cc1ccc(Nc2ncnc3sc(C)c(-c4ccccc4)c23)cc1Br. The molecule has 5 heteroatoms. The number of rotatable bonds is 3. The molecular weight excluding hydrogens is 394 g/mol. The molecule has 2 aromatic heterocycles. The highest BCUT2D eigenvalue weighted by Gasteiger charge is 2.16. The van der Waals surface area contributed by atoms with Crippen molar-refractivity contribution in [3.05, 3.63) is 69.8 Å². The van der Waals surface area contributed by atoms with Crippen LogP contribution in [0.5, 0.6) is 0 Å². The molecule has 2 aromatic carbocycles. The highest BCUT2D eigenvalue weighted by Crippen LogP contribution is 2.41. The first-order valence-electron chi connectivity index (χ1n) is 7.96. The van der Waals surface area contributed by atoms with E-state index in [9.17, 15) is 0 Å². The molecule has 0 amide bonds. The number of hydrogen-bond donors (Lipinski definition) is 1. The Morgan fingerprint density at radius 2 is 1.80 bits per heavy atom. The summed E-state index contributed by atoms with van der Waals surface area (Å²) < 4.78 is 1.08. The predicted octanol–water partition coefficient (Wildman–Crippen LogP) is 6.48. The molecule has 4 rings (SSSR count). The summed E-state index contributed by atoms with van der Waals surface area (Å²) in [5.41, 5.74) is 4.60. The lowest BCUT2D eigenvalue weighted by atomic mass is 10.0. The highest BCUT2D eigenvalue weighted by molar-refractivity contribution is 9.10. The van der Waals surface area contributed by atoms with E-state index in [4.69, 9.17) is 0 Å². The second-order valence-corrected chi connectivity index (χ2v) is 7.95. The second-order valence-electron chi connectivity index (χ2n) is 5.89. The zero-order valence-corrected chi connectivity index (χ0v) is 16.3. The van der Waals surface area contributed by atoms with Gasteiger partial charge in [0, 0.05) is 20.6 Å². The van der Waals surface area contributed by atoms with Crippen LogP contribution in [0.4, 0.5) is 11.5 Å². The Bertz CT molecular complexity index is 1060. The predicted molar refractivity (Wildman–Crippen MR) is 110 cm³/mol. The molecule has 124 valence electrons. The van der Waals surface area contributed by atoms with Crippen molar-refractivity contribution in [2.24, 2.45) is 0 Å². The minimum Gasteiger partial charge on any atom is -0.340 e. The lowest BCUT2D eigenvalue weighted by molar-refractivity contribution is 1.23. The molecule has 0 unspecified atom stereocenters. The summed E-state index contributed by atoms with van der Waals surface area (Å²) in [5.74, 6) is 0.837. The Morgan fingerprint density at radius 1 is 1.00 bits per heavy atom. The van der Waals surface area contributed by atoms with Crippen LogP contribution in [0.15, 0.2) is 59.3 Å². The fourth-order valence-corrected chi connectivity index (χ4v) is 4.29. The van der Waals surface area contributed by atoms with Gasteiger partial charge in [0.1, 0.15) is 17.0 Å².